The van der Waals surface area contributed by atoms with E-state index < -0.39 is 5.82 Å². The average Bonchev–Trinajstić information content (AvgIpc) is 3.19. The minimum Gasteiger partial charge on any atom is -0.475 e. The van der Waals surface area contributed by atoms with Crippen LogP contribution in [0, 0.1) is 18.6 Å². The molecule has 1 N–H and O–H groups in total. The highest BCUT2D eigenvalue weighted by Gasteiger charge is 2.44. The Morgan fingerprint density at radius 1 is 1.09 bits per heavy atom. The van der Waals surface area contributed by atoms with Gasteiger partial charge in [-0.05, 0) is 42.2 Å². The largest absolute Gasteiger partial charge is 0.475 e. The van der Waals surface area contributed by atoms with E-state index in [-0.39, 0.29) is 41.0 Å². The molecule has 3 aliphatic rings. The summed E-state index contributed by atoms with van der Waals surface area (Å²) in [6.45, 7) is 2.82. The third-order valence-electron chi connectivity index (χ3n) is 7.61. The van der Waals surface area contributed by atoms with Gasteiger partial charge in [-0.25, -0.2) is 13.8 Å². The minimum atomic E-state index is -0.609. The Hall–Kier alpha value is -3.59. The maximum atomic E-state index is 16.3. The monoisotopic (exact) mass is 475 g/mol. The van der Waals surface area contributed by atoms with Gasteiger partial charge in [-0.3, -0.25) is 0 Å². The van der Waals surface area contributed by atoms with Crippen molar-refractivity contribution in [2.75, 3.05) is 25.2 Å². The lowest BCUT2D eigenvalue weighted by Crippen LogP contribution is -2.60. The Balaban J connectivity index is 1.52. The third-order valence-corrected chi connectivity index (χ3v) is 7.61. The van der Waals surface area contributed by atoms with E-state index in [1.165, 1.54) is 13.2 Å². The molecule has 7 nitrogen and oxygen atoms in total. The summed E-state index contributed by atoms with van der Waals surface area (Å²) in [7, 11) is 1.47. The van der Waals surface area contributed by atoms with Crippen molar-refractivity contribution < 1.29 is 18.3 Å². The normalized spacial score (nSPS) is 22.7. The van der Waals surface area contributed by atoms with Gasteiger partial charge >= 0.3 is 6.01 Å². The summed E-state index contributed by atoms with van der Waals surface area (Å²) in [4.78, 5) is 15.9. The number of nitrogens with one attached hydrogen (secondary N) is 1. The first-order chi connectivity index (χ1) is 17.0. The number of fused-ring (bicyclic) bond motifs is 6. The zero-order chi connectivity index (χ0) is 23.8. The Morgan fingerprint density at radius 3 is 2.83 bits per heavy atom. The molecule has 35 heavy (non-hydrogen) atoms. The van der Waals surface area contributed by atoms with Gasteiger partial charge in [0.05, 0.1) is 13.2 Å². The second-order valence-electron chi connectivity index (χ2n) is 9.49. The number of ether oxygens (including phenoxy) is 2. The standard InChI is InChI=1S/C26H23F2N5O2/c1-12-16(27)8-6-13-4-3-5-15(19(12)13)22-21(28)23-20-24(32-26(31-23)34-2)33-10-14-7-9-17(29-14)18(33)11-35-25(20)30-22/h3-6,8,14,17-18,29H,7,9-11H2,1-2H3. The van der Waals surface area contributed by atoms with Crippen molar-refractivity contribution in [2.45, 2.75) is 37.9 Å². The van der Waals surface area contributed by atoms with Crippen molar-refractivity contribution in [3.05, 3.63) is 47.5 Å². The van der Waals surface area contributed by atoms with Crippen LogP contribution in [0.15, 0.2) is 30.3 Å². The van der Waals surface area contributed by atoms with E-state index in [1.807, 2.05) is 12.1 Å². The van der Waals surface area contributed by atoms with Gasteiger partial charge in [0.25, 0.3) is 0 Å². The van der Waals surface area contributed by atoms with Gasteiger partial charge < -0.3 is 19.7 Å². The summed E-state index contributed by atoms with van der Waals surface area (Å²) < 4.78 is 42.4. The van der Waals surface area contributed by atoms with E-state index in [4.69, 9.17) is 9.47 Å². The van der Waals surface area contributed by atoms with Crippen molar-refractivity contribution in [1.82, 2.24) is 20.3 Å². The zero-order valence-corrected chi connectivity index (χ0v) is 19.3. The third kappa shape index (κ3) is 2.94. The molecule has 3 aliphatic heterocycles. The number of methoxy groups -OCH3 is 1. The highest BCUT2D eigenvalue weighted by Crippen LogP contribution is 2.43. The molecule has 4 aromatic rings. The molecule has 5 heterocycles. The summed E-state index contributed by atoms with van der Waals surface area (Å²) in [5.74, 6) is -0.0977. The Labute approximate surface area is 200 Å². The van der Waals surface area contributed by atoms with E-state index in [0.29, 0.717) is 40.4 Å². The number of nitrogens with zero attached hydrogens (tertiary/aromatic N) is 4. The van der Waals surface area contributed by atoms with Gasteiger partial charge in [0.1, 0.15) is 34.8 Å². The average molecular weight is 475 g/mol. The number of pyridine rings is 1. The minimum absolute atomic E-state index is 0.0335. The van der Waals surface area contributed by atoms with Crippen molar-refractivity contribution in [3.8, 4) is 23.1 Å². The molecule has 2 bridgehead atoms. The molecule has 178 valence electrons. The molecule has 0 aliphatic carbocycles. The number of aryl methyl sites for hydroxylation is 1. The van der Waals surface area contributed by atoms with E-state index in [0.717, 1.165) is 24.8 Å². The second kappa shape index (κ2) is 7.45. The van der Waals surface area contributed by atoms with Crippen LogP contribution in [0.4, 0.5) is 14.6 Å². The molecular weight excluding hydrogens is 452 g/mol. The van der Waals surface area contributed by atoms with Crippen LogP contribution in [0.25, 0.3) is 32.9 Å². The highest BCUT2D eigenvalue weighted by atomic mass is 19.1. The molecule has 0 saturated carbocycles. The Morgan fingerprint density at radius 2 is 1.97 bits per heavy atom. The summed E-state index contributed by atoms with van der Waals surface area (Å²) in [6, 6.07) is 9.27. The van der Waals surface area contributed by atoms with Gasteiger partial charge in [0.15, 0.2) is 5.82 Å². The molecule has 3 atom stereocenters. The maximum absolute atomic E-state index is 16.3. The van der Waals surface area contributed by atoms with Gasteiger partial charge in [-0.1, -0.05) is 24.3 Å². The van der Waals surface area contributed by atoms with Crippen LogP contribution < -0.4 is 19.7 Å². The number of hydrogen-bond acceptors (Lipinski definition) is 7. The lowest BCUT2D eigenvalue weighted by Gasteiger charge is -2.40. The fourth-order valence-electron chi connectivity index (χ4n) is 5.92. The molecule has 9 heteroatoms. The first kappa shape index (κ1) is 20.8. The smallest absolute Gasteiger partial charge is 0.318 e. The van der Waals surface area contributed by atoms with Crippen molar-refractivity contribution in [1.29, 1.82) is 0 Å². The first-order valence-electron chi connectivity index (χ1n) is 11.8. The molecule has 0 radical (unpaired) electrons. The van der Waals surface area contributed by atoms with E-state index in [1.54, 1.807) is 19.1 Å². The summed E-state index contributed by atoms with van der Waals surface area (Å²) in [6.07, 6.45) is 2.13. The predicted molar refractivity (Wildman–Crippen MR) is 128 cm³/mol. The summed E-state index contributed by atoms with van der Waals surface area (Å²) in [5.41, 5.74) is 1.08. The number of aromatic nitrogens is 3. The number of halogens is 2. The molecular formula is C26H23F2N5O2. The molecule has 0 spiro atoms. The van der Waals surface area contributed by atoms with Crippen molar-refractivity contribution >= 4 is 27.5 Å². The topological polar surface area (TPSA) is 72.4 Å². The van der Waals surface area contributed by atoms with Crippen molar-refractivity contribution in [2.24, 2.45) is 0 Å². The maximum Gasteiger partial charge on any atom is 0.318 e. The fourth-order valence-corrected chi connectivity index (χ4v) is 5.92. The Bertz CT molecular complexity index is 1530. The predicted octanol–water partition coefficient (Wildman–Crippen LogP) is 4.14. The van der Waals surface area contributed by atoms with Crippen LogP contribution in [0.2, 0.25) is 0 Å². The molecule has 2 aromatic heterocycles. The Kier molecular flexibility index (Phi) is 4.42. The van der Waals surface area contributed by atoms with Crippen LogP contribution in [-0.4, -0.2) is 53.3 Å². The number of anilines is 1. The highest BCUT2D eigenvalue weighted by molar-refractivity contribution is 6.02. The van der Waals surface area contributed by atoms with Crippen LogP contribution in [0.1, 0.15) is 18.4 Å². The molecule has 2 aromatic carbocycles. The van der Waals surface area contributed by atoms with Crippen LogP contribution in [0.5, 0.6) is 11.9 Å². The van der Waals surface area contributed by atoms with Gasteiger partial charge in [-0.15, -0.1) is 0 Å². The lowest BCUT2D eigenvalue weighted by molar-refractivity contribution is 0.238. The molecule has 7 rings (SSSR count). The van der Waals surface area contributed by atoms with Crippen LogP contribution >= 0.6 is 0 Å². The van der Waals surface area contributed by atoms with Crippen LogP contribution in [0.3, 0.4) is 0 Å². The molecule has 2 saturated heterocycles. The van der Waals surface area contributed by atoms with E-state index >= 15 is 4.39 Å². The number of hydrogen-bond donors (Lipinski definition) is 1. The SMILES string of the molecule is COc1nc2c3c(nc(-c4cccc5ccc(F)c(C)c45)c(F)c3n1)OCC1C3CCC(CN21)N3. The first-order valence-corrected chi connectivity index (χ1v) is 11.8. The summed E-state index contributed by atoms with van der Waals surface area (Å²) in [5, 5.41) is 5.51. The quantitative estimate of drug-likeness (QED) is 0.467. The van der Waals surface area contributed by atoms with Gasteiger partial charge in [0.2, 0.25) is 5.88 Å². The van der Waals surface area contributed by atoms with E-state index in [2.05, 4.69) is 25.2 Å². The molecule has 3 unspecified atom stereocenters. The number of benzene rings is 2. The number of rotatable bonds is 2. The van der Waals surface area contributed by atoms with Gasteiger partial charge in [-0.2, -0.15) is 9.97 Å². The second-order valence-corrected chi connectivity index (χ2v) is 9.49. The molecule has 2 fully saturated rings. The number of piperazine rings is 1. The van der Waals surface area contributed by atoms with Gasteiger partial charge in [0, 0.05) is 24.2 Å². The summed E-state index contributed by atoms with van der Waals surface area (Å²) >= 11 is 0. The molecule has 0 amide bonds. The van der Waals surface area contributed by atoms with Crippen LogP contribution in [-0.2, 0) is 0 Å². The lowest BCUT2D eigenvalue weighted by atomic mass is 9.96. The fraction of sp³-hybridized carbons (Fsp3) is 0.346. The zero-order valence-electron chi connectivity index (χ0n) is 19.3. The van der Waals surface area contributed by atoms with E-state index in [9.17, 15) is 4.39 Å². The van der Waals surface area contributed by atoms with Crippen molar-refractivity contribution in [3.63, 3.8) is 0 Å².